The Hall–Kier alpha value is -0.620. The number of rotatable bonds is 6. The van der Waals surface area contributed by atoms with E-state index in [-0.39, 0.29) is 5.92 Å². The zero-order chi connectivity index (χ0) is 12.1. The summed E-state index contributed by atoms with van der Waals surface area (Å²) in [5.74, 6) is 0.121. The molecular formula is C10H16N2O2S2. The second kappa shape index (κ2) is 6.20. The molecule has 0 bridgehead atoms. The Morgan fingerprint density at radius 3 is 2.75 bits per heavy atom. The van der Waals surface area contributed by atoms with Gasteiger partial charge < -0.3 is 5.11 Å². The fourth-order valence-electron chi connectivity index (χ4n) is 1.19. The van der Waals surface area contributed by atoms with Gasteiger partial charge in [0.2, 0.25) is 0 Å². The molecule has 1 aromatic rings. The summed E-state index contributed by atoms with van der Waals surface area (Å²) in [4.78, 5) is 15.3. The van der Waals surface area contributed by atoms with Gasteiger partial charge in [0.25, 0.3) is 0 Å². The van der Waals surface area contributed by atoms with Crippen LogP contribution in [0.1, 0.15) is 33.0 Å². The van der Waals surface area contributed by atoms with Crippen molar-refractivity contribution in [3.8, 4) is 0 Å². The number of hydrogen-bond acceptors (Lipinski definition) is 5. The molecule has 0 fully saturated rings. The Morgan fingerprint density at radius 1 is 1.56 bits per heavy atom. The van der Waals surface area contributed by atoms with Gasteiger partial charge in [-0.3, -0.25) is 4.79 Å². The predicted octanol–water partition coefficient (Wildman–Crippen LogP) is 2.69. The molecule has 1 atom stereocenters. The monoisotopic (exact) mass is 260 g/mol. The lowest BCUT2D eigenvalue weighted by molar-refractivity contribution is -0.137. The van der Waals surface area contributed by atoms with Gasteiger partial charge in [-0.05, 0) is 23.9 Å². The predicted molar refractivity (Wildman–Crippen MR) is 66.0 cm³/mol. The molecule has 1 rings (SSSR count). The van der Waals surface area contributed by atoms with Crippen molar-refractivity contribution in [1.29, 1.82) is 0 Å². The molecule has 0 spiro atoms. The zero-order valence-corrected chi connectivity index (χ0v) is 11.3. The van der Waals surface area contributed by atoms with E-state index >= 15 is 0 Å². The Kier molecular flexibility index (Phi) is 5.21. The van der Waals surface area contributed by atoms with E-state index in [0.717, 1.165) is 23.0 Å². The Morgan fingerprint density at radius 2 is 2.25 bits per heavy atom. The summed E-state index contributed by atoms with van der Waals surface area (Å²) in [6.07, 6.45) is 1.86. The molecule has 0 radical (unpaired) electrons. The number of aryl methyl sites for hydroxylation is 1. The molecule has 0 aliphatic carbocycles. The summed E-state index contributed by atoms with van der Waals surface area (Å²) < 4.78 is 4.95. The average Bonchev–Trinajstić information content (AvgIpc) is 2.61. The van der Waals surface area contributed by atoms with Crippen molar-refractivity contribution in [2.75, 3.05) is 0 Å². The van der Waals surface area contributed by atoms with Crippen LogP contribution < -0.4 is 0 Å². The number of aliphatic carboxylic acids is 1. The third-order valence-electron chi connectivity index (χ3n) is 2.00. The molecule has 1 N–H and O–H groups in total. The lowest BCUT2D eigenvalue weighted by atomic mass is 10.1. The molecule has 16 heavy (non-hydrogen) atoms. The summed E-state index contributed by atoms with van der Waals surface area (Å²) in [6.45, 7) is 5.88. The number of carbonyl (C=O) groups is 1. The van der Waals surface area contributed by atoms with Crippen LogP contribution in [0.25, 0.3) is 0 Å². The van der Waals surface area contributed by atoms with Gasteiger partial charge in [0.1, 0.15) is 11.1 Å². The number of carboxylic acids is 1. The van der Waals surface area contributed by atoms with Crippen molar-refractivity contribution in [2.24, 2.45) is 5.92 Å². The highest BCUT2D eigenvalue weighted by Crippen LogP contribution is 2.29. The largest absolute Gasteiger partial charge is 0.480 e. The topological polar surface area (TPSA) is 63.1 Å². The van der Waals surface area contributed by atoms with Crippen LogP contribution >= 0.6 is 23.3 Å². The summed E-state index contributed by atoms with van der Waals surface area (Å²) in [6, 6.07) is 0. The standard InChI is InChI=1S/C10H16N2O2S2/c1-4-5-7-11-10(16-12-7)15-8(6(2)3)9(13)14/h6,8H,4-5H2,1-3H3,(H,13,14). The van der Waals surface area contributed by atoms with Gasteiger partial charge in [-0.1, -0.05) is 32.5 Å². The lowest BCUT2D eigenvalue weighted by Crippen LogP contribution is -2.22. The van der Waals surface area contributed by atoms with E-state index in [1.165, 1.54) is 23.3 Å². The van der Waals surface area contributed by atoms with Gasteiger partial charge in [-0.25, -0.2) is 4.98 Å². The molecule has 90 valence electrons. The smallest absolute Gasteiger partial charge is 0.317 e. The fourth-order valence-corrected chi connectivity index (χ4v) is 3.00. The molecule has 1 heterocycles. The number of hydrogen-bond donors (Lipinski definition) is 1. The van der Waals surface area contributed by atoms with Gasteiger partial charge in [-0.2, -0.15) is 4.37 Å². The average molecular weight is 260 g/mol. The maximum Gasteiger partial charge on any atom is 0.317 e. The summed E-state index contributed by atoms with van der Waals surface area (Å²) in [7, 11) is 0. The first-order valence-electron chi connectivity index (χ1n) is 5.26. The second-order valence-electron chi connectivity index (χ2n) is 3.85. The highest BCUT2D eigenvalue weighted by molar-refractivity contribution is 8.02. The van der Waals surface area contributed by atoms with Gasteiger partial charge in [-0.15, -0.1) is 0 Å². The number of thioether (sulfide) groups is 1. The first-order valence-corrected chi connectivity index (χ1v) is 6.92. The maximum atomic E-state index is 11.0. The van der Waals surface area contributed by atoms with Crippen LogP contribution in [-0.2, 0) is 11.2 Å². The fraction of sp³-hybridized carbons (Fsp3) is 0.700. The van der Waals surface area contributed by atoms with E-state index in [2.05, 4.69) is 16.3 Å². The van der Waals surface area contributed by atoms with Gasteiger partial charge in [0, 0.05) is 6.42 Å². The third-order valence-corrected chi connectivity index (χ3v) is 4.35. The quantitative estimate of drug-likeness (QED) is 0.797. The second-order valence-corrected chi connectivity index (χ2v) is 5.99. The van der Waals surface area contributed by atoms with Gasteiger partial charge in [0.15, 0.2) is 4.34 Å². The molecule has 0 aliphatic heterocycles. The molecule has 0 saturated heterocycles. The highest BCUT2D eigenvalue weighted by atomic mass is 32.2. The number of carboxylic acid groups (broad SMARTS) is 1. The lowest BCUT2D eigenvalue weighted by Gasteiger charge is -2.12. The van der Waals surface area contributed by atoms with Crippen molar-refractivity contribution in [3.63, 3.8) is 0 Å². The van der Waals surface area contributed by atoms with Crippen LogP contribution in [0.3, 0.4) is 0 Å². The molecule has 4 nitrogen and oxygen atoms in total. The van der Waals surface area contributed by atoms with Crippen molar-refractivity contribution < 1.29 is 9.90 Å². The van der Waals surface area contributed by atoms with E-state index in [4.69, 9.17) is 5.11 Å². The summed E-state index contributed by atoms with van der Waals surface area (Å²) in [5.41, 5.74) is 0. The highest BCUT2D eigenvalue weighted by Gasteiger charge is 2.24. The third kappa shape index (κ3) is 3.75. The normalized spacial score (nSPS) is 13.0. The van der Waals surface area contributed by atoms with E-state index in [1.54, 1.807) is 0 Å². The Labute approximate surface area is 104 Å². The van der Waals surface area contributed by atoms with Crippen molar-refractivity contribution in [2.45, 2.75) is 43.2 Å². The molecule has 0 aliphatic rings. The molecule has 1 aromatic heterocycles. The molecule has 1 unspecified atom stereocenters. The zero-order valence-electron chi connectivity index (χ0n) is 9.64. The van der Waals surface area contributed by atoms with E-state index in [9.17, 15) is 4.79 Å². The minimum absolute atomic E-state index is 0.0843. The van der Waals surface area contributed by atoms with E-state index in [1.807, 2.05) is 13.8 Å². The Balaban J connectivity index is 2.66. The first-order chi connectivity index (χ1) is 7.54. The minimum Gasteiger partial charge on any atom is -0.480 e. The Bertz CT molecular complexity index is 352. The minimum atomic E-state index is -0.785. The number of nitrogens with zero attached hydrogens (tertiary/aromatic N) is 2. The van der Waals surface area contributed by atoms with Gasteiger partial charge in [0.05, 0.1) is 0 Å². The van der Waals surface area contributed by atoms with Crippen molar-refractivity contribution in [1.82, 2.24) is 9.36 Å². The van der Waals surface area contributed by atoms with Crippen LogP contribution in [0, 0.1) is 5.92 Å². The van der Waals surface area contributed by atoms with Crippen LogP contribution in [0.15, 0.2) is 4.34 Å². The maximum absolute atomic E-state index is 11.0. The van der Waals surface area contributed by atoms with Crippen LogP contribution in [-0.4, -0.2) is 25.7 Å². The molecule has 0 saturated carbocycles. The van der Waals surface area contributed by atoms with Crippen LogP contribution in [0.2, 0.25) is 0 Å². The van der Waals surface area contributed by atoms with Gasteiger partial charge >= 0.3 is 5.97 Å². The summed E-state index contributed by atoms with van der Waals surface area (Å²) >= 11 is 2.59. The summed E-state index contributed by atoms with van der Waals surface area (Å²) in [5, 5.41) is 8.61. The van der Waals surface area contributed by atoms with E-state index in [0.29, 0.717) is 0 Å². The number of aromatic nitrogens is 2. The molecular weight excluding hydrogens is 244 g/mol. The van der Waals surface area contributed by atoms with Crippen molar-refractivity contribution >= 4 is 29.3 Å². The molecule has 0 amide bonds. The molecule has 0 aromatic carbocycles. The van der Waals surface area contributed by atoms with Crippen molar-refractivity contribution in [3.05, 3.63) is 5.82 Å². The first kappa shape index (κ1) is 13.4. The molecule has 6 heteroatoms. The SMILES string of the molecule is CCCc1nsc(SC(C(=O)O)C(C)C)n1. The van der Waals surface area contributed by atoms with E-state index < -0.39 is 11.2 Å². The van der Waals surface area contributed by atoms with Crippen LogP contribution in [0.4, 0.5) is 0 Å². The van der Waals surface area contributed by atoms with Crippen LogP contribution in [0.5, 0.6) is 0 Å².